The smallest absolute Gasteiger partial charge is 0.330 e. The van der Waals surface area contributed by atoms with Crippen LogP contribution in [0.5, 0.6) is 0 Å². The molecule has 0 spiro atoms. The molecule has 2 aliphatic rings. The third-order valence-electron chi connectivity index (χ3n) is 3.60. The standard InChI is InChI=1S/C13H20N2O3/c1-2-18-12(16)6-4-8-15-7-3-5-10-11(15)9-14-13(10)17/h4,6,10-11H,2-3,5,7-9H2,1H3,(H,14,17)/b6-4+. The summed E-state index contributed by atoms with van der Waals surface area (Å²) in [6, 6.07) is 0.290. The molecule has 2 unspecified atom stereocenters. The average Bonchev–Trinajstić information content (AvgIpc) is 2.73. The highest BCUT2D eigenvalue weighted by Gasteiger charge is 2.40. The largest absolute Gasteiger partial charge is 0.463 e. The molecular formula is C13H20N2O3. The van der Waals surface area contributed by atoms with Crippen LogP contribution in [0.4, 0.5) is 0 Å². The normalized spacial score (nSPS) is 28.2. The van der Waals surface area contributed by atoms with Gasteiger partial charge in [-0.05, 0) is 26.3 Å². The highest BCUT2D eigenvalue weighted by atomic mass is 16.5. The first-order valence-electron chi connectivity index (χ1n) is 6.57. The molecule has 18 heavy (non-hydrogen) atoms. The maximum atomic E-state index is 11.6. The minimum absolute atomic E-state index is 0.134. The summed E-state index contributed by atoms with van der Waals surface area (Å²) >= 11 is 0. The number of hydrogen-bond acceptors (Lipinski definition) is 4. The van der Waals surface area contributed by atoms with Gasteiger partial charge in [0, 0.05) is 25.2 Å². The number of hydrogen-bond donors (Lipinski definition) is 1. The summed E-state index contributed by atoms with van der Waals surface area (Å²) in [6.45, 7) is 4.61. The lowest BCUT2D eigenvalue weighted by molar-refractivity contribution is -0.137. The van der Waals surface area contributed by atoms with E-state index < -0.39 is 0 Å². The van der Waals surface area contributed by atoms with Crippen molar-refractivity contribution < 1.29 is 14.3 Å². The van der Waals surface area contributed by atoms with Crippen molar-refractivity contribution in [1.29, 1.82) is 0 Å². The second-order valence-corrected chi connectivity index (χ2v) is 4.71. The summed E-state index contributed by atoms with van der Waals surface area (Å²) < 4.78 is 4.82. The molecule has 0 saturated carbocycles. The van der Waals surface area contributed by atoms with E-state index in [-0.39, 0.29) is 23.8 Å². The Labute approximate surface area is 107 Å². The number of esters is 1. The van der Waals surface area contributed by atoms with Gasteiger partial charge in [0.05, 0.1) is 12.5 Å². The fourth-order valence-electron chi connectivity index (χ4n) is 2.74. The third kappa shape index (κ3) is 2.90. The van der Waals surface area contributed by atoms with E-state index in [9.17, 15) is 9.59 Å². The highest BCUT2D eigenvalue weighted by Crippen LogP contribution is 2.26. The van der Waals surface area contributed by atoms with Crippen LogP contribution in [-0.4, -0.2) is 49.1 Å². The number of ether oxygens (including phenoxy) is 1. The lowest BCUT2D eigenvalue weighted by Gasteiger charge is -2.34. The van der Waals surface area contributed by atoms with E-state index in [1.54, 1.807) is 6.92 Å². The number of carbonyl (C=O) groups excluding carboxylic acids is 2. The number of piperidine rings is 1. The molecule has 2 aliphatic heterocycles. The lowest BCUT2D eigenvalue weighted by Crippen LogP contribution is -2.45. The van der Waals surface area contributed by atoms with Crippen molar-refractivity contribution in [2.24, 2.45) is 5.92 Å². The molecule has 0 radical (unpaired) electrons. The Hall–Kier alpha value is -1.36. The van der Waals surface area contributed by atoms with E-state index in [4.69, 9.17) is 4.74 Å². The molecule has 0 bridgehead atoms. The molecule has 0 aromatic rings. The van der Waals surface area contributed by atoms with Gasteiger partial charge in [0.1, 0.15) is 0 Å². The Kier molecular flexibility index (Phi) is 4.36. The molecular weight excluding hydrogens is 232 g/mol. The van der Waals surface area contributed by atoms with Crippen LogP contribution in [0.3, 0.4) is 0 Å². The Morgan fingerprint density at radius 1 is 1.61 bits per heavy atom. The van der Waals surface area contributed by atoms with Crippen molar-refractivity contribution in [2.75, 3.05) is 26.2 Å². The molecule has 2 fully saturated rings. The Morgan fingerprint density at radius 2 is 2.44 bits per heavy atom. The number of fused-ring (bicyclic) bond motifs is 1. The summed E-state index contributed by atoms with van der Waals surface area (Å²) in [6.07, 6.45) is 5.32. The van der Waals surface area contributed by atoms with Gasteiger partial charge in [-0.15, -0.1) is 0 Å². The number of nitrogens with one attached hydrogen (secondary N) is 1. The second-order valence-electron chi connectivity index (χ2n) is 4.71. The average molecular weight is 252 g/mol. The predicted molar refractivity (Wildman–Crippen MR) is 66.9 cm³/mol. The van der Waals surface area contributed by atoms with Gasteiger partial charge in [-0.3, -0.25) is 9.69 Å². The quantitative estimate of drug-likeness (QED) is 0.578. The Balaban J connectivity index is 1.85. The van der Waals surface area contributed by atoms with Crippen LogP contribution < -0.4 is 5.32 Å². The fraction of sp³-hybridized carbons (Fsp3) is 0.692. The monoisotopic (exact) mass is 252 g/mol. The number of rotatable bonds is 4. The van der Waals surface area contributed by atoms with Crippen LogP contribution in [0.15, 0.2) is 12.2 Å². The molecule has 2 heterocycles. The van der Waals surface area contributed by atoms with Crippen molar-refractivity contribution in [1.82, 2.24) is 10.2 Å². The van der Waals surface area contributed by atoms with Crippen LogP contribution in [0, 0.1) is 5.92 Å². The van der Waals surface area contributed by atoms with Crippen molar-refractivity contribution in [3.8, 4) is 0 Å². The summed E-state index contributed by atoms with van der Waals surface area (Å²) in [4.78, 5) is 25.0. The van der Waals surface area contributed by atoms with E-state index in [0.29, 0.717) is 13.2 Å². The topological polar surface area (TPSA) is 58.6 Å². The molecule has 0 aromatic carbocycles. The van der Waals surface area contributed by atoms with Gasteiger partial charge in [0.15, 0.2) is 0 Å². The van der Waals surface area contributed by atoms with E-state index in [0.717, 1.165) is 25.9 Å². The van der Waals surface area contributed by atoms with Crippen LogP contribution >= 0.6 is 0 Å². The fourth-order valence-corrected chi connectivity index (χ4v) is 2.74. The van der Waals surface area contributed by atoms with E-state index in [1.807, 2.05) is 6.08 Å². The molecule has 1 amide bonds. The van der Waals surface area contributed by atoms with Crippen LogP contribution in [-0.2, 0) is 14.3 Å². The minimum Gasteiger partial charge on any atom is -0.463 e. The molecule has 0 aliphatic carbocycles. The summed E-state index contributed by atoms with van der Waals surface area (Å²) in [5.74, 6) is 0.0144. The van der Waals surface area contributed by atoms with Gasteiger partial charge in [0.25, 0.3) is 0 Å². The zero-order valence-electron chi connectivity index (χ0n) is 10.7. The third-order valence-corrected chi connectivity index (χ3v) is 3.60. The van der Waals surface area contributed by atoms with Gasteiger partial charge in [-0.25, -0.2) is 4.79 Å². The number of carbonyl (C=O) groups is 2. The number of likely N-dealkylation sites (tertiary alicyclic amines) is 1. The summed E-state index contributed by atoms with van der Waals surface area (Å²) in [5.41, 5.74) is 0. The van der Waals surface area contributed by atoms with Crippen molar-refractivity contribution in [3.05, 3.63) is 12.2 Å². The van der Waals surface area contributed by atoms with E-state index in [2.05, 4.69) is 10.2 Å². The molecule has 0 aromatic heterocycles. The summed E-state index contributed by atoms with van der Waals surface area (Å²) in [5, 5.41) is 2.91. The molecule has 1 N–H and O–H groups in total. The van der Waals surface area contributed by atoms with Gasteiger partial charge in [-0.2, -0.15) is 0 Å². The first kappa shape index (κ1) is 13.1. The molecule has 2 rings (SSSR count). The highest BCUT2D eigenvalue weighted by molar-refractivity contribution is 5.82. The molecule has 2 saturated heterocycles. The zero-order valence-corrected chi connectivity index (χ0v) is 10.7. The van der Waals surface area contributed by atoms with Gasteiger partial charge in [-0.1, -0.05) is 6.08 Å². The van der Waals surface area contributed by atoms with Crippen LogP contribution in [0.25, 0.3) is 0 Å². The van der Waals surface area contributed by atoms with Crippen LogP contribution in [0.2, 0.25) is 0 Å². The van der Waals surface area contributed by atoms with Gasteiger partial charge in [0.2, 0.25) is 5.91 Å². The van der Waals surface area contributed by atoms with Crippen molar-refractivity contribution >= 4 is 11.9 Å². The SMILES string of the molecule is CCOC(=O)/C=C/CN1CCCC2C(=O)NCC21. The molecule has 100 valence electrons. The number of nitrogens with zero attached hydrogens (tertiary/aromatic N) is 1. The van der Waals surface area contributed by atoms with Gasteiger partial charge < -0.3 is 10.1 Å². The Morgan fingerprint density at radius 3 is 3.22 bits per heavy atom. The summed E-state index contributed by atoms with van der Waals surface area (Å²) in [7, 11) is 0. The van der Waals surface area contributed by atoms with Crippen molar-refractivity contribution in [3.63, 3.8) is 0 Å². The lowest BCUT2D eigenvalue weighted by atomic mass is 9.91. The molecule has 5 nitrogen and oxygen atoms in total. The maximum Gasteiger partial charge on any atom is 0.330 e. The molecule has 5 heteroatoms. The molecule has 2 atom stereocenters. The predicted octanol–water partition coefficient (Wildman–Crippen LogP) is 0.316. The maximum absolute atomic E-state index is 11.6. The minimum atomic E-state index is -0.299. The van der Waals surface area contributed by atoms with Crippen molar-refractivity contribution in [2.45, 2.75) is 25.8 Å². The number of amides is 1. The zero-order chi connectivity index (χ0) is 13.0. The Bertz CT molecular complexity index is 354. The van der Waals surface area contributed by atoms with E-state index in [1.165, 1.54) is 6.08 Å². The second kappa shape index (κ2) is 6.00. The van der Waals surface area contributed by atoms with Gasteiger partial charge >= 0.3 is 5.97 Å². The van der Waals surface area contributed by atoms with E-state index >= 15 is 0 Å². The first-order chi connectivity index (χ1) is 8.72. The van der Waals surface area contributed by atoms with Crippen LogP contribution in [0.1, 0.15) is 19.8 Å². The first-order valence-corrected chi connectivity index (χ1v) is 6.57.